The van der Waals surface area contributed by atoms with Crippen LogP contribution in [0.15, 0.2) is 72.9 Å². The predicted octanol–water partition coefficient (Wildman–Crippen LogP) is 6.73. The highest BCUT2D eigenvalue weighted by Crippen LogP contribution is 2.62. The van der Waals surface area contributed by atoms with E-state index in [1.165, 1.54) is 11.1 Å². The highest BCUT2D eigenvalue weighted by atomic mass is 16.5. The molecule has 0 radical (unpaired) electrons. The summed E-state index contributed by atoms with van der Waals surface area (Å²) >= 11 is 0. The Hall–Kier alpha value is -3.73. The number of hydrogen-bond donors (Lipinski definition) is 0. The van der Waals surface area contributed by atoms with Gasteiger partial charge in [0.05, 0.1) is 25.4 Å². The molecule has 6 rings (SSSR count). The molecule has 1 spiro atoms. The number of ketones is 2. The van der Waals surface area contributed by atoms with Crippen LogP contribution in [0.4, 0.5) is 0 Å². The molecule has 0 atom stereocenters. The molecule has 0 amide bonds. The lowest BCUT2D eigenvalue weighted by Gasteiger charge is -2.57. The molecular weight excluding hydrogens is 460 g/mol. The number of hydrogen-bond acceptors (Lipinski definition) is 4. The number of fused-ring (bicyclic) bond motifs is 1. The first-order chi connectivity index (χ1) is 17.9. The van der Waals surface area contributed by atoms with Gasteiger partial charge in [-0.25, -0.2) is 0 Å². The fourth-order valence-electron chi connectivity index (χ4n) is 6.55. The van der Waals surface area contributed by atoms with Gasteiger partial charge in [-0.2, -0.15) is 5.10 Å². The first kappa shape index (κ1) is 23.7. The minimum absolute atomic E-state index is 0.146. The van der Waals surface area contributed by atoms with Gasteiger partial charge in [0.2, 0.25) is 0 Å². The van der Waals surface area contributed by atoms with Crippen LogP contribution in [0.3, 0.4) is 0 Å². The Bertz CT molecular complexity index is 1460. The van der Waals surface area contributed by atoms with Gasteiger partial charge < -0.3 is 4.74 Å². The molecule has 0 bridgehead atoms. The average Bonchev–Trinajstić information content (AvgIpc) is 3.27. The summed E-state index contributed by atoms with van der Waals surface area (Å²) in [4.78, 5) is 25.2. The molecule has 2 fully saturated rings. The van der Waals surface area contributed by atoms with Gasteiger partial charge in [0.1, 0.15) is 11.5 Å². The Morgan fingerprint density at radius 3 is 2.35 bits per heavy atom. The van der Waals surface area contributed by atoms with Crippen LogP contribution in [-0.2, 0) is 11.3 Å². The molecule has 5 heteroatoms. The van der Waals surface area contributed by atoms with Crippen molar-refractivity contribution < 1.29 is 14.3 Å². The van der Waals surface area contributed by atoms with Crippen LogP contribution in [0.5, 0.6) is 5.75 Å². The fourth-order valence-corrected chi connectivity index (χ4v) is 6.55. The Kier molecular flexibility index (Phi) is 5.94. The molecule has 2 aliphatic rings. The number of aromatic nitrogens is 2. The van der Waals surface area contributed by atoms with Crippen molar-refractivity contribution in [2.45, 2.75) is 45.6 Å². The second kappa shape index (κ2) is 9.29. The maximum atomic E-state index is 13.6. The SMILES string of the molecule is COc1cc(C(=O)CC2CC3(C2)CC(C(C)=O)C3)c2c(cnn2Cc2ccc(-c3ccccc3)cc2)c1. The van der Waals surface area contributed by atoms with Gasteiger partial charge in [-0.3, -0.25) is 14.3 Å². The minimum Gasteiger partial charge on any atom is -0.497 e. The van der Waals surface area contributed by atoms with Gasteiger partial charge in [0.25, 0.3) is 0 Å². The van der Waals surface area contributed by atoms with E-state index in [0.29, 0.717) is 41.4 Å². The zero-order valence-corrected chi connectivity index (χ0v) is 21.4. The topological polar surface area (TPSA) is 61.2 Å². The zero-order valence-electron chi connectivity index (χ0n) is 21.4. The maximum absolute atomic E-state index is 13.6. The molecule has 1 aromatic heterocycles. The molecule has 188 valence electrons. The highest BCUT2D eigenvalue weighted by Gasteiger charge is 2.53. The molecule has 0 aliphatic heterocycles. The number of carbonyl (C=O) groups is 2. The van der Waals surface area contributed by atoms with Crippen LogP contribution in [-0.4, -0.2) is 28.5 Å². The van der Waals surface area contributed by atoms with E-state index in [4.69, 9.17) is 4.74 Å². The number of ether oxygens (including phenoxy) is 1. The fraction of sp³-hybridized carbons (Fsp3) is 0.344. The third-order valence-electron chi connectivity index (χ3n) is 8.49. The van der Waals surface area contributed by atoms with Crippen molar-refractivity contribution in [2.75, 3.05) is 7.11 Å². The number of benzene rings is 3. The van der Waals surface area contributed by atoms with Gasteiger partial charge in [-0.1, -0.05) is 54.6 Å². The molecule has 0 unspecified atom stereocenters. The van der Waals surface area contributed by atoms with E-state index < -0.39 is 0 Å². The van der Waals surface area contributed by atoms with Crippen LogP contribution < -0.4 is 4.74 Å². The van der Waals surface area contributed by atoms with Crippen molar-refractivity contribution in [1.82, 2.24) is 9.78 Å². The van der Waals surface area contributed by atoms with E-state index in [2.05, 4.69) is 41.5 Å². The maximum Gasteiger partial charge on any atom is 0.165 e. The van der Waals surface area contributed by atoms with E-state index >= 15 is 0 Å². The van der Waals surface area contributed by atoms with Crippen molar-refractivity contribution in [3.05, 3.63) is 84.1 Å². The highest BCUT2D eigenvalue weighted by molar-refractivity contribution is 6.07. The van der Waals surface area contributed by atoms with Crippen molar-refractivity contribution in [3.8, 4) is 16.9 Å². The summed E-state index contributed by atoms with van der Waals surface area (Å²) < 4.78 is 7.45. The van der Waals surface area contributed by atoms with Crippen LogP contribution in [0.1, 0.15) is 54.9 Å². The largest absolute Gasteiger partial charge is 0.497 e. The summed E-state index contributed by atoms with van der Waals surface area (Å²) in [6.07, 6.45) is 6.48. The lowest BCUT2D eigenvalue weighted by molar-refractivity contribution is -0.136. The van der Waals surface area contributed by atoms with Crippen LogP contribution in [0, 0.1) is 17.3 Å². The second-order valence-electron chi connectivity index (χ2n) is 11.1. The second-order valence-corrected chi connectivity index (χ2v) is 11.1. The van der Waals surface area contributed by atoms with Gasteiger partial charge in [-0.05, 0) is 72.8 Å². The summed E-state index contributed by atoms with van der Waals surface area (Å²) in [6.45, 7) is 2.29. The number of rotatable bonds is 8. The van der Waals surface area contributed by atoms with Crippen molar-refractivity contribution in [3.63, 3.8) is 0 Å². The first-order valence-electron chi connectivity index (χ1n) is 13.1. The van der Waals surface area contributed by atoms with E-state index in [1.807, 2.05) is 41.2 Å². The van der Waals surface area contributed by atoms with Gasteiger partial charge in [-0.15, -0.1) is 0 Å². The van der Waals surface area contributed by atoms with Crippen LogP contribution in [0.25, 0.3) is 22.0 Å². The lowest BCUT2D eigenvalue weighted by atomic mass is 9.47. The number of Topliss-reactive ketones (excluding diaryl/α,β-unsaturated/α-hetero) is 2. The lowest BCUT2D eigenvalue weighted by Crippen LogP contribution is -2.49. The molecule has 1 heterocycles. The molecular formula is C32H32N2O3. The summed E-state index contributed by atoms with van der Waals surface area (Å²) in [6, 6.07) is 22.7. The number of methoxy groups -OCH3 is 1. The molecule has 4 aromatic rings. The number of carbonyl (C=O) groups excluding carboxylic acids is 2. The van der Waals surface area contributed by atoms with Gasteiger partial charge in [0.15, 0.2) is 5.78 Å². The molecule has 37 heavy (non-hydrogen) atoms. The van der Waals surface area contributed by atoms with E-state index in [1.54, 1.807) is 14.0 Å². The standard InChI is InChI=1S/C32H32N2O3/c1-21(35)27-17-32(18-27)15-23(16-32)12-30(36)29-14-28(37-2)13-26-19-33-34(31(26)29)20-22-8-10-25(11-9-22)24-6-4-3-5-7-24/h3-11,13-14,19,23,27H,12,15-18,20H2,1-2H3. The molecule has 2 aliphatic carbocycles. The monoisotopic (exact) mass is 492 g/mol. The predicted molar refractivity (Wildman–Crippen MR) is 145 cm³/mol. The average molecular weight is 493 g/mol. The molecule has 0 N–H and O–H groups in total. The van der Waals surface area contributed by atoms with Crippen LogP contribution in [0.2, 0.25) is 0 Å². The summed E-state index contributed by atoms with van der Waals surface area (Å²) in [5.41, 5.74) is 5.37. The van der Waals surface area contributed by atoms with Crippen molar-refractivity contribution in [1.29, 1.82) is 0 Å². The van der Waals surface area contributed by atoms with Gasteiger partial charge >= 0.3 is 0 Å². The Morgan fingerprint density at radius 2 is 1.68 bits per heavy atom. The zero-order chi connectivity index (χ0) is 25.6. The number of nitrogens with zero attached hydrogens (tertiary/aromatic N) is 2. The Morgan fingerprint density at radius 1 is 0.973 bits per heavy atom. The quantitative estimate of drug-likeness (QED) is 0.256. The third-order valence-corrected chi connectivity index (χ3v) is 8.49. The van der Waals surface area contributed by atoms with E-state index in [9.17, 15) is 9.59 Å². The van der Waals surface area contributed by atoms with E-state index in [-0.39, 0.29) is 11.7 Å². The van der Waals surface area contributed by atoms with Crippen molar-refractivity contribution >= 4 is 22.5 Å². The Balaban J connectivity index is 1.21. The molecule has 2 saturated carbocycles. The molecule has 0 saturated heterocycles. The molecule has 3 aromatic carbocycles. The first-order valence-corrected chi connectivity index (χ1v) is 13.1. The summed E-state index contributed by atoms with van der Waals surface area (Å²) in [5.74, 6) is 1.77. The van der Waals surface area contributed by atoms with Gasteiger partial charge in [0, 0.05) is 23.3 Å². The minimum atomic E-state index is 0.146. The molecule has 5 nitrogen and oxygen atoms in total. The van der Waals surface area contributed by atoms with Crippen molar-refractivity contribution in [2.24, 2.45) is 17.3 Å². The Labute approximate surface area is 217 Å². The third kappa shape index (κ3) is 4.48. The van der Waals surface area contributed by atoms with Crippen LogP contribution >= 0.6 is 0 Å². The smallest absolute Gasteiger partial charge is 0.165 e. The van der Waals surface area contributed by atoms with E-state index in [0.717, 1.165) is 42.1 Å². The summed E-state index contributed by atoms with van der Waals surface area (Å²) in [7, 11) is 1.63. The normalized spacial score (nSPS) is 22.4. The summed E-state index contributed by atoms with van der Waals surface area (Å²) in [5, 5.41) is 5.56.